The van der Waals surface area contributed by atoms with Crippen molar-refractivity contribution in [3.05, 3.63) is 17.0 Å². The van der Waals surface area contributed by atoms with E-state index < -0.39 is 0 Å². The highest BCUT2D eigenvalue weighted by Crippen LogP contribution is 2.33. The van der Waals surface area contributed by atoms with Gasteiger partial charge in [-0.05, 0) is 26.2 Å². The minimum Gasteiger partial charge on any atom is -0.354 e. The van der Waals surface area contributed by atoms with Crippen molar-refractivity contribution in [2.45, 2.75) is 39.2 Å². The van der Waals surface area contributed by atoms with Crippen LogP contribution >= 0.6 is 11.6 Å². The van der Waals surface area contributed by atoms with Crippen molar-refractivity contribution in [2.24, 2.45) is 0 Å². The maximum absolute atomic E-state index is 6.08. The fourth-order valence-corrected chi connectivity index (χ4v) is 2.16. The summed E-state index contributed by atoms with van der Waals surface area (Å²) in [7, 11) is 0. The predicted octanol–water partition coefficient (Wildman–Crippen LogP) is 2.68. The van der Waals surface area contributed by atoms with Gasteiger partial charge in [0.1, 0.15) is 17.3 Å². The van der Waals surface area contributed by atoms with Gasteiger partial charge in [-0.1, -0.05) is 18.5 Å². The molecule has 4 heteroatoms. The van der Waals surface area contributed by atoms with Crippen molar-refractivity contribution < 1.29 is 0 Å². The highest BCUT2D eigenvalue weighted by Gasteiger charge is 2.30. The zero-order valence-corrected chi connectivity index (χ0v) is 9.96. The molecule has 82 valence electrons. The molecular weight excluding hydrogens is 210 g/mol. The lowest BCUT2D eigenvalue weighted by atomic mass is 10.2. The Labute approximate surface area is 95.5 Å². The third kappa shape index (κ3) is 2.07. The van der Waals surface area contributed by atoms with E-state index in [2.05, 4.69) is 28.7 Å². The summed E-state index contributed by atoms with van der Waals surface area (Å²) >= 11 is 6.08. The normalized spacial score (nSPS) is 15.4. The molecule has 1 aromatic rings. The molecule has 0 atom stereocenters. The number of aromatic nitrogens is 2. The molecule has 0 aliphatic heterocycles. The lowest BCUT2D eigenvalue weighted by Gasteiger charge is -2.23. The summed E-state index contributed by atoms with van der Waals surface area (Å²) in [6, 6.07) is 0.672. The van der Waals surface area contributed by atoms with E-state index in [1.807, 2.05) is 0 Å². The van der Waals surface area contributed by atoms with E-state index in [-0.39, 0.29) is 0 Å². The standard InChI is InChI=1S/C11H16ClN3/c1-3-9-10(12)13-7-14-11(9)15(4-2)8-5-6-8/h7-8H,3-6H2,1-2H3. The van der Waals surface area contributed by atoms with Crippen molar-refractivity contribution in [1.82, 2.24) is 9.97 Å². The van der Waals surface area contributed by atoms with Gasteiger partial charge in [-0.3, -0.25) is 0 Å². The van der Waals surface area contributed by atoms with Gasteiger partial charge in [-0.15, -0.1) is 0 Å². The Morgan fingerprint density at radius 3 is 2.67 bits per heavy atom. The van der Waals surface area contributed by atoms with Gasteiger partial charge >= 0.3 is 0 Å². The summed E-state index contributed by atoms with van der Waals surface area (Å²) in [5.74, 6) is 1.03. The first-order valence-corrected chi connectivity index (χ1v) is 5.91. The van der Waals surface area contributed by atoms with Crippen molar-refractivity contribution in [3.63, 3.8) is 0 Å². The summed E-state index contributed by atoms with van der Waals surface area (Å²) in [5, 5.41) is 0.599. The first-order chi connectivity index (χ1) is 7.27. The first kappa shape index (κ1) is 10.7. The van der Waals surface area contributed by atoms with Gasteiger partial charge in [0.05, 0.1) is 0 Å². The van der Waals surface area contributed by atoms with Crippen LogP contribution in [0.3, 0.4) is 0 Å². The average molecular weight is 226 g/mol. The monoisotopic (exact) mass is 225 g/mol. The Morgan fingerprint density at radius 2 is 2.13 bits per heavy atom. The lowest BCUT2D eigenvalue weighted by Crippen LogP contribution is -2.27. The van der Waals surface area contributed by atoms with E-state index in [9.17, 15) is 0 Å². The van der Waals surface area contributed by atoms with Gasteiger partial charge in [-0.2, -0.15) is 0 Å². The van der Waals surface area contributed by atoms with Crippen molar-refractivity contribution in [1.29, 1.82) is 0 Å². The molecule has 3 nitrogen and oxygen atoms in total. The van der Waals surface area contributed by atoms with E-state index in [1.54, 1.807) is 6.33 Å². The molecule has 0 aromatic carbocycles. The van der Waals surface area contributed by atoms with E-state index in [0.29, 0.717) is 11.2 Å². The molecule has 2 rings (SSSR count). The lowest BCUT2D eigenvalue weighted by molar-refractivity contribution is 0.793. The Kier molecular flexibility index (Phi) is 3.10. The van der Waals surface area contributed by atoms with Crippen LogP contribution in [0.2, 0.25) is 5.15 Å². The molecule has 0 amide bonds. The second kappa shape index (κ2) is 4.35. The molecule has 1 aliphatic rings. The molecule has 1 heterocycles. The zero-order chi connectivity index (χ0) is 10.8. The predicted molar refractivity (Wildman–Crippen MR) is 62.5 cm³/mol. The van der Waals surface area contributed by atoms with E-state index in [1.165, 1.54) is 12.8 Å². The molecule has 1 aromatic heterocycles. The van der Waals surface area contributed by atoms with Crippen LogP contribution in [0.5, 0.6) is 0 Å². The molecular formula is C11H16ClN3. The second-order valence-corrected chi connectivity index (χ2v) is 4.20. The third-order valence-electron chi connectivity index (χ3n) is 2.82. The number of hydrogen-bond donors (Lipinski definition) is 0. The van der Waals surface area contributed by atoms with Crippen LogP contribution < -0.4 is 4.90 Å². The van der Waals surface area contributed by atoms with E-state index in [0.717, 1.165) is 24.3 Å². The van der Waals surface area contributed by atoms with Crippen LogP contribution in [-0.4, -0.2) is 22.6 Å². The smallest absolute Gasteiger partial charge is 0.137 e. The van der Waals surface area contributed by atoms with Crippen LogP contribution in [0, 0.1) is 0 Å². The Hall–Kier alpha value is -0.830. The van der Waals surface area contributed by atoms with Crippen LogP contribution in [0.15, 0.2) is 6.33 Å². The molecule has 0 saturated heterocycles. The summed E-state index contributed by atoms with van der Waals surface area (Å²) < 4.78 is 0. The van der Waals surface area contributed by atoms with E-state index >= 15 is 0 Å². The topological polar surface area (TPSA) is 29.0 Å². The molecule has 1 saturated carbocycles. The SMILES string of the molecule is CCc1c(Cl)ncnc1N(CC)C1CC1. The largest absolute Gasteiger partial charge is 0.354 e. The highest BCUT2D eigenvalue weighted by atomic mass is 35.5. The number of hydrogen-bond acceptors (Lipinski definition) is 3. The third-order valence-corrected chi connectivity index (χ3v) is 3.15. The maximum atomic E-state index is 6.08. The van der Waals surface area contributed by atoms with Gasteiger partial charge in [0.15, 0.2) is 0 Å². The van der Waals surface area contributed by atoms with Crippen LogP contribution in [0.4, 0.5) is 5.82 Å². The summed E-state index contributed by atoms with van der Waals surface area (Å²) in [5.41, 5.74) is 1.08. The van der Waals surface area contributed by atoms with E-state index in [4.69, 9.17) is 11.6 Å². The minimum atomic E-state index is 0.599. The quantitative estimate of drug-likeness (QED) is 0.738. The van der Waals surface area contributed by atoms with Crippen LogP contribution in [0.25, 0.3) is 0 Å². The number of anilines is 1. The molecule has 0 N–H and O–H groups in total. The van der Waals surface area contributed by atoms with Crippen LogP contribution in [-0.2, 0) is 6.42 Å². The number of halogens is 1. The molecule has 0 bridgehead atoms. The van der Waals surface area contributed by atoms with Gasteiger partial charge in [0.2, 0.25) is 0 Å². The average Bonchev–Trinajstić information content (AvgIpc) is 3.04. The Bertz CT molecular complexity index is 350. The van der Waals surface area contributed by atoms with Crippen molar-refractivity contribution >= 4 is 17.4 Å². The number of rotatable bonds is 4. The first-order valence-electron chi connectivity index (χ1n) is 5.53. The Morgan fingerprint density at radius 1 is 1.40 bits per heavy atom. The fourth-order valence-electron chi connectivity index (χ4n) is 1.90. The second-order valence-electron chi connectivity index (χ2n) is 3.84. The summed E-state index contributed by atoms with van der Waals surface area (Å²) in [4.78, 5) is 10.7. The van der Waals surface area contributed by atoms with Gasteiger partial charge in [0, 0.05) is 18.2 Å². The van der Waals surface area contributed by atoms with Crippen molar-refractivity contribution in [3.8, 4) is 0 Å². The number of nitrogens with zero attached hydrogens (tertiary/aromatic N) is 3. The van der Waals surface area contributed by atoms with Gasteiger partial charge in [0.25, 0.3) is 0 Å². The minimum absolute atomic E-state index is 0.599. The molecule has 15 heavy (non-hydrogen) atoms. The zero-order valence-electron chi connectivity index (χ0n) is 9.20. The summed E-state index contributed by atoms with van der Waals surface area (Å²) in [6.45, 7) is 5.24. The molecule has 1 fully saturated rings. The van der Waals surface area contributed by atoms with Crippen molar-refractivity contribution in [2.75, 3.05) is 11.4 Å². The molecule has 1 aliphatic carbocycles. The fraction of sp³-hybridized carbons (Fsp3) is 0.636. The van der Waals surface area contributed by atoms with Gasteiger partial charge in [-0.25, -0.2) is 9.97 Å². The Balaban J connectivity index is 2.36. The molecule has 0 radical (unpaired) electrons. The van der Waals surface area contributed by atoms with Crippen LogP contribution in [0.1, 0.15) is 32.3 Å². The maximum Gasteiger partial charge on any atom is 0.137 e. The highest BCUT2D eigenvalue weighted by molar-refractivity contribution is 6.30. The molecule has 0 unspecified atom stereocenters. The summed E-state index contributed by atoms with van der Waals surface area (Å²) in [6.07, 6.45) is 5.00. The molecule has 0 spiro atoms. The van der Waals surface area contributed by atoms with Gasteiger partial charge < -0.3 is 4.90 Å².